The molecule has 0 fully saturated rings. The first-order chi connectivity index (χ1) is 5.33. The number of benzene rings is 1. The van der Waals surface area contributed by atoms with Gasteiger partial charge in [0, 0.05) is 4.47 Å². The molecule has 56 valence electrons. The smallest absolute Gasteiger partial charge is 0.177 e. The minimum atomic E-state index is 0.821. The molecule has 0 aliphatic heterocycles. The summed E-state index contributed by atoms with van der Waals surface area (Å²) in [7, 11) is 5.15. The second-order valence-electron chi connectivity index (χ2n) is 2.33. The third-order valence-corrected chi connectivity index (χ3v) is 2.00. The lowest BCUT2D eigenvalue weighted by Crippen LogP contribution is -2.12. The van der Waals surface area contributed by atoms with Crippen LogP contribution in [0, 0.1) is 0 Å². The van der Waals surface area contributed by atoms with E-state index in [1.54, 1.807) is 0 Å². The maximum Gasteiger partial charge on any atom is 0.177 e. The van der Waals surface area contributed by atoms with Gasteiger partial charge in [0.2, 0.25) is 0 Å². The maximum absolute atomic E-state index is 5.15. The number of hydrogen-bond donors (Lipinski definition) is 1. The zero-order chi connectivity index (χ0) is 8.10. The Bertz CT molecular complexity index is 210. The van der Waals surface area contributed by atoms with E-state index in [0.29, 0.717) is 0 Å². The summed E-state index contributed by atoms with van der Waals surface area (Å²) in [6.07, 6.45) is 0.976. The normalized spacial score (nSPS) is 9.91. The molecule has 1 nitrogen and oxygen atoms in total. The fraction of sp³-hybridized carbons (Fsp3) is 0.250. The van der Waals surface area contributed by atoms with Crippen LogP contribution in [-0.4, -0.2) is 14.5 Å². The van der Waals surface area contributed by atoms with Gasteiger partial charge in [-0.2, -0.15) is 0 Å². The summed E-state index contributed by atoms with van der Waals surface area (Å²) < 4.78 is 1.11. The van der Waals surface area contributed by atoms with Crippen molar-refractivity contribution in [2.75, 3.05) is 6.54 Å². The van der Waals surface area contributed by atoms with Crippen molar-refractivity contribution < 1.29 is 0 Å². The summed E-state index contributed by atoms with van der Waals surface area (Å²) in [5, 5.41) is 2.62. The Labute approximate surface area is 76.8 Å². The summed E-state index contributed by atoms with van der Waals surface area (Å²) in [5.41, 5.74) is 1.30. The number of halogens is 1. The predicted octanol–water partition coefficient (Wildman–Crippen LogP) is 1.66. The Balaban J connectivity index is 2.52. The van der Waals surface area contributed by atoms with E-state index in [2.05, 4.69) is 33.3 Å². The monoisotopic (exact) mass is 209 g/mol. The molecule has 0 unspecified atom stereocenters. The zero-order valence-corrected chi connectivity index (χ0v) is 7.76. The Hall–Kier alpha value is -0.275. The molecule has 1 N–H and O–H groups in total. The molecule has 1 aromatic rings. The van der Waals surface area contributed by atoms with Gasteiger partial charge in [-0.05, 0) is 30.7 Å². The topological polar surface area (TPSA) is 12.0 Å². The number of hydrogen-bond acceptors (Lipinski definition) is 1. The summed E-state index contributed by atoms with van der Waals surface area (Å²) in [5.74, 6) is 0. The molecule has 0 aliphatic rings. The molecule has 0 amide bonds. The standard InChI is InChI=1S/C8H9BBrN/c9-11-6-5-7-1-3-8(10)4-2-7/h1-4,11H,5-6H2. The highest BCUT2D eigenvalue weighted by Gasteiger charge is 1.90. The molecule has 11 heavy (non-hydrogen) atoms. The Kier molecular flexibility index (Phi) is 3.67. The van der Waals surface area contributed by atoms with Crippen LogP contribution in [0.15, 0.2) is 28.7 Å². The van der Waals surface area contributed by atoms with E-state index in [9.17, 15) is 0 Å². The summed E-state index contributed by atoms with van der Waals surface area (Å²) in [4.78, 5) is 0. The van der Waals surface area contributed by atoms with Gasteiger partial charge in [-0.15, -0.1) is 0 Å². The summed E-state index contributed by atoms with van der Waals surface area (Å²) in [6, 6.07) is 8.24. The van der Waals surface area contributed by atoms with Crippen molar-refractivity contribution in [3.8, 4) is 0 Å². The lowest BCUT2D eigenvalue weighted by atomic mass is 10.1. The van der Waals surface area contributed by atoms with Crippen LogP contribution in [0.2, 0.25) is 0 Å². The number of nitrogens with one attached hydrogen (secondary N) is 1. The highest BCUT2D eigenvalue weighted by Crippen LogP contribution is 2.10. The Morgan fingerprint density at radius 3 is 2.45 bits per heavy atom. The van der Waals surface area contributed by atoms with E-state index in [1.165, 1.54) is 5.56 Å². The lowest BCUT2D eigenvalue weighted by molar-refractivity contribution is 0.898. The van der Waals surface area contributed by atoms with Crippen LogP contribution in [0.4, 0.5) is 0 Å². The van der Waals surface area contributed by atoms with E-state index < -0.39 is 0 Å². The molecule has 0 atom stereocenters. The second kappa shape index (κ2) is 4.57. The molecule has 0 aliphatic carbocycles. The molecule has 2 radical (unpaired) electrons. The fourth-order valence-electron chi connectivity index (χ4n) is 0.868. The number of rotatable bonds is 3. The Morgan fingerprint density at radius 1 is 1.27 bits per heavy atom. The molecular formula is C8H9BBrN. The molecule has 1 rings (SSSR count). The average Bonchev–Trinajstić information content (AvgIpc) is 2.04. The quantitative estimate of drug-likeness (QED) is 0.748. The van der Waals surface area contributed by atoms with Crippen molar-refractivity contribution in [2.45, 2.75) is 6.42 Å². The van der Waals surface area contributed by atoms with Gasteiger partial charge in [0.05, 0.1) is 0 Å². The average molecular weight is 210 g/mol. The maximum atomic E-state index is 5.15. The van der Waals surface area contributed by atoms with Crippen molar-refractivity contribution >= 4 is 23.9 Å². The van der Waals surface area contributed by atoms with E-state index in [-0.39, 0.29) is 0 Å². The summed E-state index contributed by atoms with van der Waals surface area (Å²) in [6.45, 7) is 0.821. The van der Waals surface area contributed by atoms with Crippen LogP contribution in [0.3, 0.4) is 0 Å². The largest absolute Gasteiger partial charge is 0.366 e. The fourth-order valence-corrected chi connectivity index (χ4v) is 1.13. The molecular weight excluding hydrogens is 201 g/mol. The Morgan fingerprint density at radius 2 is 1.91 bits per heavy atom. The summed E-state index contributed by atoms with van der Waals surface area (Å²) >= 11 is 3.37. The van der Waals surface area contributed by atoms with Gasteiger partial charge in [0.15, 0.2) is 7.98 Å². The van der Waals surface area contributed by atoms with Gasteiger partial charge in [0.25, 0.3) is 0 Å². The van der Waals surface area contributed by atoms with E-state index in [0.717, 1.165) is 17.4 Å². The van der Waals surface area contributed by atoms with Gasteiger partial charge in [-0.3, -0.25) is 0 Å². The minimum absolute atomic E-state index is 0.821. The SMILES string of the molecule is [B]NCCc1ccc(Br)cc1. The second-order valence-corrected chi connectivity index (χ2v) is 3.25. The van der Waals surface area contributed by atoms with E-state index >= 15 is 0 Å². The van der Waals surface area contributed by atoms with Crippen LogP contribution in [0.1, 0.15) is 5.56 Å². The lowest BCUT2D eigenvalue weighted by Gasteiger charge is -1.99. The van der Waals surface area contributed by atoms with Crippen molar-refractivity contribution in [1.82, 2.24) is 5.23 Å². The van der Waals surface area contributed by atoms with Crippen LogP contribution in [-0.2, 0) is 6.42 Å². The van der Waals surface area contributed by atoms with Gasteiger partial charge < -0.3 is 5.23 Å². The van der Waals surface area contributed by atoms with Crippen LogP contribution < -0.4 is 5.23 Å². The predicted molar refractivity (Wildman–Crippen MR) is 51.6 cm³/mol. The molecule has 3 heteroatoms. The van der Waals surface area contributed by atoms with Crippen LogP contribution in [0.25, 0.3) is 0 Å². The zero-order valence-electron chi connectivity index (χ0n) is 6.18. The van der Waals surface area contributed by atoms with Gasteiger partial charge in [-0.1, -0.05) is 28.1 Å². The highest BCUT2D eigenvalue weighted by atomic mass is 79.9. The van der Waals surface area contributed by atoms with Crippen molar-refractivity contribution in [1.29, 1.82) is 0 Å². The van der Waals surface area contributed by atoms with Crippen molar-refractivity contribution in [3.05, 3.63) is 34.3 Å². The van der Waals surface area contributed by atoms with Gasteiger partial charge in [0.1, 0.15) is 0 Å². The molecule has 0 aromatic heterocycles. The molecule has 1 aromatic carbocycles. The van der Waals surface area contributed by atoms with Crippen molar-refractivity contribution in [3.63, 3.8) is 0 Å². The van der Waals surface area contributed by atoms with Crippen LogP contribution in [0.5, 0.6) is 0 Å². The first-order valence-electron chi connectivity index (χ1n) is 3.51. The minimum Gasteiger partial charge on any atom is -0.366 e. The third kappa shape index (κ3) is 3.08. The van der Waals surface area contributed by atoms with Crippen LogP contribution >= 0.6 is 15.9 Å². The first-order valence-corrected chi connectivity index (χ1v) is 4.30. The van der Waals surface area contributed by atoms with Crippen molar-refractivity contribution in [2.24, 2.45) is 0 Å². The van der Waals surface area contributed by atoms with E-state index in [1.807, 2.05) is 12.1 Å². The molecule has 0 saturated heterocycles. The first kappa shape index (κ1) is 8.82. The highest BCUT2D eigenvalue weighted by molar-refractivity contribution is 9.10. The molecule has 0 saturated carbocycles. The van der Waals surface area contributed by atoms with Gasteiger partial charge >= 0.3 is 0 Å². The molecule has 0 heterocycles. The van der Waals surface area contributed by atoms with E-state index in [4.69, 9.17) is 7.98 Å². The molecule has 0 bridgehead atoms. The van der Waals surface area contributed by atoms with Gasteiger partial charge in [-0.25, -0.2) is 0 Å². The third-order valence-electron chi connectivity index (χ3n) is 1.47. The molecule has 0 spiro atoms.